The van der Waals surface area contributed by atoms with E-state index in [0.717, 1.165) is 0 Å². The summed E-state index contributed by atoms with van der Waals surface area (Å²) in [6.07, 6.45) is 0. The molecule has 0 aliphatic heterocycles. The van der Waals surface area contributed by atoms with Gasteiger partial charge in [-0.05, 0) is 0 Å². The van der Waals surface area contributed by atoms with Crippen molar-refractivity contribution in [3.8, 4) is 0 Å². The molecule has 7 nitrogen and oxygen atoms in total. The van der Waals surface area contributed by atoms with E-state index in [0.29, 0.717) is 19.8 Å². The van der Waals surface area contributed by atoms with Gasteiger partial charge in [-0.1, -0.05) is 0 Å². The van der Waals surface area contributed by atoms with Gasteiger partial charge in [0.1, 0.15) is 0 Å². The maximum atomic E-state index is 4.99. The van der Waals surface area contributed by atoms with Crippen LogP contribution < -0.4 is 0 Å². The summed E-state index contributed by atoms with van der Waals surface area (Å²) in [5.74, 6) is 0. The van der Waals surface area contributed by atoms with Crippen molar-refractivity contribution < 1.29 is 46.5 Å². The van der Waals surface area contributed by atoms with E-state index in [1.54, 1.807) is 20.8 Å². The van der Waals surface area contributed by atoms with Gasteiger partial charge in [0.05, 0.1) is 0 Å². The van der Waals surface area contributed by atoms with Crippen LogP contribution in [0.4, 0.5) is 0 Å². The van der Waals surface area contributed by atoms with E-state index in [1.165, 1.54) is 7.11 Å². The molecule has 0 aliphatic carbocycles. The fraction of sp³-hybridized carbons (Fsp3) is 1.00. The third-order valence-electron chi connectivity index (χ3n) is 1.09. The molecule has 0 aromatic rings. The maximum absolute atomic E-state index is 4.99. The molecule has 15 heavy (non-hydrogen) atoms. The Bertz CT molecular complexity index is 124. The molecule has 8 heteroatoms. The first-order valence-electron chi connectivity index (χ1n) is 4.71. The van der Waals surface area contributed by atoms with Crippen molar-refractivity contribution in [1.82, 2.24) is 0 Å². The van der Waals surface area contributed by atoms with E-state index in [4.69, 9.17) is 28.4 Å². The summed E-state index contributed by atoms with van der Waals surface area (Å²) in [5, 5.41) is 0. The Labute approximate surface area is 94.5 Å². The summed E-state index contributed by atoms with van der Waals surface area (Å²) in [6.45, 7) is 6.27. The first-order valence-corrected chi connectivity index (χ1v) is 7.26. The van der Waals surface area contributed by atoms with Crippen LogP contribution in [0.3, 0.4) is 0 Å². The standard InChI is InChI=1S/3C2H6O2.CH3O.Ti/c3*1-2-4-3;1-2;/h3*3H,2H2,1H3;1H3;/q;;;-1;+4/p-3. The zero-order valence-corrected chi connectivity index (χ0v) is 11.0. The molecule has 0 heterocycles. The van der Waals surface area contributed by atoms with Gasteiger partial charge in [-0.2, -0.15) is 0 Å². The van der Waals surface area contributed by atoms with E-state index in [1.807, 2.05) is 0 Å². The summed E-state index contributed by atoms with van der Waals surface area (Å²) >= 11 is -4.03. The summed E-state index contributed by atoms with van der Waals surface area (Å²) in [7, 11) is 1.37. The topological polar surface area (TPSA) is 64.6 Å². The average Bonchev–Trinajstić information content (AvgIpc) is 2.29. The van der Waals surface area contributed by atoms with Crippen LogP contribution in [-0.2, 0) is 46.5 Å². The van der Waals surface area contributed by atoms with Crippen molar-refractivity contribution in [2.75, 3.05) is 26.9 Å². The van der Waals surface area contributed by atoms with E-state index in [-0.39, 0.29) is 0 Å². The van der Waals surface area contributed by atoms with Gasteiger partial charge >= 0.3 is 94.2 Å². The molecule has 0 bridgehead atoms. The quantitative estimate of drug-likeness (QED) is 0.334. The van der Waals surface area contributed by atoms with Crippen molar-refractivity contribution in [1.29, 1.82) is 0 Å². The zero-order valence-electron chi connectivity index (χ0n) is 9.48. The van der Waals surface area contributed by atoms with E-state index < -0.39 is 18.1 Å². The average molecular weight is 262 g/mol. The van der Waals surface area contributed by atoms with Gasteiger partial charge in [0.15, 0.2) is 0 Å². The Hall–Kier alpha value is 0.434. The van der Waals surface area contributed by atoms with Gasteiger partial charge in [0.25, 0.3) is 0 Å². The molecule has 0 aromatic carbocycles. The molecule has 0 saturated carbocycles. The van der Waals surface area contributed by atoms with Crippen molar-refractivity contribution in [3.05, 3.63) is 0 Å². The van der Waals surface area contributed by atoms with Crippen LogP contribution in [-0.4, -0.2) is 26.9 Å². The Balaban J connectivity index is 4.16. The Morgan fingerprint density at radius 1 is 0.733 bits per heavy atom. The van der Waals surface area contributed by atoms with Gasteiger partial charge in [-0.3, -0.25) is 0 Å². The molecule has 92 valence electrons. The monoisotopic (exact) mass is 262 g/mol. The van der Waals surface area contributed by atoms with Crippen molar-refractivity contribution in [2.45, 2.75) is 20.8 Å². The fourth-order valence-electron chi connectivity index (χ4n) is 0.537. The van der Waals surface area contributed by atoms with E-state index >= 15 is 0 Å². The molecule has 0 aromatic heterocycles. The van der Waals surface area contributed by atoms with Crippen LogP contribution in [0, 0.1) is 0 Å². The zero-order chi connectivity index (χ0) is 11.6. The second-order valence-electron chi connectivity index (χ2n) is 2.17. The third kappa shape index (κ3) is 6.57. The van der Waals surface area contributed by atoms with E-state index in [2.05, 4.69) is 0 Å². The number of hydrogen-bond donors (Lipinski definition) is 0. The molecule has 0 amide bonds. The molecule has 0 spiro atoms. The molecular weight excluding hydrogens is 244 g/mol. The summed E-state index contributed by atoms with van der Waals surface area (Å²) in [4.78, 5) is 14.2. The van der Waals surface area contributed by atoms with Gasteiger partial charge < -0.3 is 0 Å². The normalized spacial score (nSPS) is 12.0. The van der Waals surface area contributed by atoms with Gasteiger partial charge in [-0.15, -0.1) is 0 Å². The molecular formula is C7H18O7Ti. The summed E-state index contributed by atoms with van der Waals surface area (Å²) in [5.41, 5.74) is 0. The van der Waals surface area contributed by atoms with Crippen LogP contribution in [0.15, 0.2) is 0 Å². The van der Waals surface area contributed by atoms with Gasteiger partial charge in [0, 0.05) is 0 Å². The first-order chi connectivity index (χ1) is 7.24. The van der Waals surface area contributed by atoms with E-state index in [9.17, 15) is 0 Å². The van der Waals surface area contributed by atoms with Gasteiger partial charge in [-0.25, -0.2) is 0 Å². The number of rotatable bonds is 10. The fourth-order valence-corrected chi connectivity index (χ4v) is 2.21. The van der Waals surface area contributed by atoms with Crippen molar-refractivity contribution in [3.63, 3.8) is 0 Å². The van der Waals surface area contributed by atoms with Gasteiger partial charge in [0.2, 0.25) is 0 Å². The van der Waals surface area contributed by atoms with Crippen LogP contribution in [0.25, 0.3) is 0 Å². The molecule has 0 unspecified atom stereocenters. The second kappa shape index (κ2) is 9.65. The first kappa shape index (κ1) is 15.4. The van der Waals surface area contributed by atoms with Crippen LogP contribution in [0.2, 0.25) is 0 Å². The molecule has 0 radical (unpaired) electrons. The molecule has 0 saturated heterocycles. The number of hydrogen-bond acceptors (Lipinski definition) is 7. The molecule has 0 atom stereocenters. The second-order valence-corrected chi connectivity index (χ2v) is 5.15. The third-order valence-corrected chi connectivity index (χ3v) is 3.38. The minimum atomic E-state index is -4.03. The SMILES string of the molecule is CCO[O][Ti]([O]C)([O]OCC)[O]OCC. The Kier molecular flexibility index (Phi) is 9.92. The van der Waals surface area contributed by atoms with Crippen molar-refractivity contribution in [2.24, 2.45) is 0 Å². The van der Waals surface area contributed by atoms with Crippen LogP contribution >= 0.6 is 0 Å². The summed E-state index contributed by atoms with van der Waals surface area (Å²) < 4.78 is 19.7. The molecule has 0 fully saturated rings. The molecule has 0 aliphatic rings. The van der Waals surface area contributed by atoms with Crippen LogP contribution in [0.5, 0.6) is 0 Å². The minimum absolute atomic E-state index is 0.335. The summed E-state index contributed by atoms with van der Waals surface area (Å²) in [6, 6.07) is 0. The van der Waals surface area contributed by atoms with Crippen LogP contribution in [0.1, 0.15) is 20.8 Å². The molecule has 0 rings (SSSR count). The Morgan fingerprint density at radius 2 is 1.07 bits per heavy atom. The van der Waals surface area contributed by atoms with Crippen molar-refractivity contribution >= 4 is 0 Å². The Morgan fingerprint density at radius 3 is 1.27 bits per heavy atom. The molecule has 0 N–H and O–H groups in total. The predicted molar refractivity (Wildman–Crippen MR) is 45.1 cm³/mol. The predicted octanol–water partition coefficient (Wildman–Crippen LogP) is 1.35.